The zero-order valence-corrected chi connectivity index (χ0v) is 10.7. The first-order valence-electron chi connectivity index (χ1n) is 5.61. The number of aromatic nitrogens is 5. The number of benzene rings is 1. The van der Waals surface area contributed by atoms with Crippen LogP contribution in [0, 0.1) is 0 Å². The van der Waals surface area contributed by atoms with Crippen molar-refractivity contribution in [1.82, 2.24) is 25.0 Å². The molecule has 92 valence electrons. The normalized spacial score (nSPS) is 12.8. The van der Waals surface area contributed by atoms with E-state index in [1.165, 1.54) is 16.3 Å². The van der Waals surface area contributed by atoms with Gasteiger partial charge in [-0.05, 0) is 16.7 Å². The van der Waals surface area contributed by atoms with E-state index in [-0.39, 0.29) is 5.78 Å². The molecule has 2 aromatic heterocycles. The molecular weight excluding hydrogens is 262 g/mol. The van der Waals surface area contributed by atoms with Gasteiger partial charge in [-0.15, -0.1) is 11.8 Å². The summed E-state index contributed by atoms with van der Waals surface area (Å²) in [5.41, 5.74) is 2.86. The Kier molecular flexibility index (Phi) is 2.02. The zero-order chi connectivity index (χ0) is 13.0. The molecule has 19 heavy (non-hydrogen) atoms. The number of carbonyl (C=O) groups is 1. The third kappa shape index (κ3) is 1.25. The topological polar surface area (TPSA) is 73.0 Å². The summed E-state index contributed by atoms with van der Waals surface area (Å²) in [5, 5.41) is 12.1. The number of hydrogen-bond acceptors (Lipinski definition) is 6. The lowest BCUT2D eigenvalue weighted by Gasteiger charge is -2.04. The van der Waals surface area contributed by atoms with Gasteiger partial charge in [0.25, 0.3) is 5.78 Å². The average Bonchev–Trinajstić information content (AvgIpc) is 3.02. The molecule has 0 radical (unpaired) electrons. The van der Waals surface area contributed by atoms with Crippen LogP contribution in [0.5, 0.6) is 0 Å². The molecular formula is C12H7N5OS. The first-order valence-corrected chi connectivity index (χ1v) is 6.84. The summed E-state index contributed by atoms with van der Waals surface area (Å²) in [6.07, 6.45) is 1.89. The lowest BCUT2D eigenvalue weighted by atomic mass is 10.1. The van der Waals surface area contributed by atoms with Crippen molar-refractivity contribution in [1.29, 1.82) is 0 Å². The van der Waals surface area contributed by atoms with E-state index in [9.17, 15) is 4.79 Å². The highest BCUT2D eigenvalue weighted by molar-refractivity contribution is 7.98. The van der Waals surface area contributed by atoms with Gasteiger partial charge in [0, 0.05) is 11.1 Å². The Bertz CT molecular complexity index is 841. The van der Waals surface area contributed by atoms with E-state index in [4.69, 9.17) is 0 Å². The second kappa shape index (κ2) is 3.61. The second-order valence-corrected chi connectivity index (χ2v) is 4.91. The Morgan fingerprint density at radius 3 is 2.79 bits per heavy atom. The molecule has 0 saturated carbocycles. The van der Waals surface area contributed by atoms with Gasteiger partial charge in [-0.2, -0.15) is 4.52 Å². The minimum absolute atomic E-state index is 0.0140. The quantitative estimate of drug-likeness (QED) is 0.384. The maximum absolute atomic E-state index is 12.5. The molecule has 1 aliphatic rings. The van der Waals surface area contributed by atoms with Crippen LogP contribution in [0.1, 0.15) is 15.9 Å². The van der Waals surface area contributed by atoms with Gasteiger partial charge in [0.15, 0.2) is 5.78 Å². The van der Waals surface area contributed by atoms with Crippen LogP contribution in [0.15, 0.2) is 29.3 Å². The third-order valence-electron chi connectivity index (χ3n) is 3.16. The molecule has 0 fully saturated rings. The van der Waals surface area contributed by atoms with Gasteiger partial charge in [-0.1, -0.05) is 29.4 Å². The van der Waals surface area contributed by atoms with Crippen LogP contribution < -0.4 is 0 Å². The smallest absolute Gasteiger partial charge is 0.275 e. The van der Waals surface area contributed by atoms with Crippen molar-refractivity contribution < 1.29 is 4.79 Å². The highest BCUT2D eigenvalue weighted by Gasteiger charge is 2.33. The molecule has 6 nitrogen and oxygen atoms in total. The number of rotatable bonds is 1. The molecule has 0 saturated heterocycles. The van der Waals surface area contributed by atoms with Gasteiger partial charge >= 0.3 is 0 Å². The Morgan fingerprint density at radius 1 is 1.21 bits per heavy atom. The Hall–Kier alpha value is -2.28. The molecule has 0 atom stereocenters. The lowest BCUT2D eigenvalue weighted by Crippen LogP contribution is -2.04. The van der Waals surface area contributed by atoms with Gasteiger partial charge in [0.05, 0.1) is 11.3 Å². The van der Waals surface area contributed by atoms with Gasteiger partial charge in [-0.3, -0.25) is 4.79 Å². The highest BCUT2D eigenvalue weighted by atomic mass is 32.2. The minimum atomic E-state index is -0.0140. The van der Waals surface area contributed by atoms with Crippen molar-refractivity contribution in [2.75, 3.05) is 6.26 Å². The fourth-order valence-electron chi connectivity index (χ4n) is 2.37. The highest BCUT2D eigenvalue weighted by Crippen LogP contribution is 2.39. The Morgan fingerprint density at radius 2 is 2.00 bits per heavy atom. The number of tetrazole rings is 1. The summed E-state index contributed by atoms with van der Waals surface area (Å²) in [5.74, 6) is 0.396. The monoisotopic (exact) mass is 269 g/mol. The molecule has 3 aromatic rings. The molecule has 0 bridgehead atoms. The van der Waals surface area contributed by atoms with Crippen LogP contribution in [0.3, 0.4) is 0 Å². The van der Waals surface area contributed by atoms with Gasteiger partial charge in [0.2, 0.25) is 0 Å². The Balaban J connectivity index is 2.23. The molecule has 1 aromatic carbocycles. The molecule has 2 heterocycles. The van der Waals surface area contributed by atoms with Crippen LogP contribution in [0.2, 0.25) is 0 Å². The van der Waals surface area contributed by atoms with Gasteiger partial charge in [-0.25, -0.2) is 4.98 Å². The summed E-state index contributed by atoms with van der Waals surface area (Å²) in [6, 6.07) is 7.48. The maximum atomic E-state index is 12.5. The van der Waals surface area contributed by atoms with Crippen molar-refractivity contribution >= 4 is 23.3 Å². The van der Waals surface area contributed by atoms with Gasteiger partial charge < -0.3 is 0 Å². The number of nitrogens with zero attached hydrogens (tertiary/aromatic N) is 5. The van der Waals surface area contributed by atoms with Crippen molar-refractivity contribution in [3.8, 4) is 11.3 Å². The van der Waals surface area contributed by atoms with Crippen molar-refractivity contribution in [2.45, 2.75) is 5.03 Å². The van der Waals surface area contributed by atoms with E-state index in [0.717, 1.165) is 11.3 Å². The van der Waals surface area contributed by atoms with Crippen LogP contribution in [0.4, 0.5) is 0 Å². The molecule has 0 unspecified atom stereocenters. The summed E-state index contributed by atoms with van der Waals surface area (Å²) in [6.45, 7) is 0. The van der Waals surface area contributed by atoms with Crippen LogP contribution >= 0.6 is 11.8 Å². The number of carbonyl (C=O) groups excluding carboxylic acids is 1. The number of hydrogen-bond donors (Lipinski definition) is 0. The number of fused-ring (bicyclic) bond motifs is 5. The summed E-state index contributed by atoms with van der Waals surface area (Å²) < 4.78 is 1.53. The molecule has 7 heteroatoms. The van der Waals surface area contributed by atoms with Gasteiger partial charge in [0.1, 0.15) is 5.03 Å². The third-order valence-corrected chi connectivity index (χ3v) is 3.85. The van der Waals surface area contributed by atoms with Crippen LogP contribution in [-0.4, -0.2) is 37.1 Å². The largest absolute Gasteiger partial charge is 0.288 e. The molecule has 0 spiro atoms. The molecule has 0 N–H and O–H groups in total. The standard InChI is InChI=1S/C12H7N5OS/c1-19-11-8-9(17-12(13-11)14-15-16-17)6-4-2-3-5-7(6)10(8)18/h2-5H,1H3. The van der Waals surface area contributed by atoms with E-state index in [1.807, 2.05) is 30.5 Å². The van der Waals surface area contributed by atoms with E-state index >= 15 is 0 Å². The van der Waals surface area contributed by atoms with E-state index in [1.54, 1.807) is 0 Å². The fourth-order valence-corrected chi connectivity index (χ4v) is 2.94. The lowest BCUT2D eigenvalue weighted by molar-refractivity contribution is 0.104. The first-order chi connectivity index (χ1) is 9.31. The predicted molar refractivity (Wildman–Crippen MR) is 69.2 cm³/mol. The zero-order valence-electron chi connectivity index (χ0n) is 9.86. The van der Waals surface area contributed by atoms with Crippen molar-refractivity contribution in [3.05, 3.63) is 35.4 Å². The van der Waals surface area contributed by atoms with Crippen LogP contribution in [0.25, 0.3) is 17.0 Å². The molecule has 1 aliphatic carbocycles. The van der Waals surface area contributed by atoms with Crippen molar-refractivity contribution in [3.63, 3.8) is 0 Å². The molecule has 4 rings (SSSR count). The average molecular weight is 269 g/mol. The van der Waals surface area contributed by atoms with E-state index in [2.05, 4.69) is 20.5 Å². The van der Waals surface area contributed by atoms with Crippen molar-refractivity contribution in [2.24, 2.45) is 0 Å². The SMILES string of the molecule is CSc1nc2nnnn2c2c1C(=O)c1ccccc1-2. The first kappa shape index (κ1) is 10.6. The molecule has 0 aliphatic heterocycles. The predicted octanol–water partition coefficient (Wildman–Crippen LogP) is 1.45. The van der Waals surface area contributed by atoms with E-state index in [0.29, 0.717) is 21.9 Å². The molecule has 0 amide bonds. The number of ketones is 1. The van der Waals surface area contributed by atoms with E-state index < -0.39 is 0 Å². The minimum Gasteiger partial charge on any atom is -0.288 e. The summed E-state index contributed by atoms with van der Waals surface area (Å²) >= 11 is 1.43. The van der Waals surface area contributed by atoms with Crippen LogP contribution in [-0.2, 0) is 0 Å². The fraction of sp³-hybridized carbons (Fsp3) is 0.0833. The Labute approximate surface area is 111 Å². The summed E-state index contributed by atoms with van der Waals surface area (Å²) in [4.78, 5) is 16.8. The number of thioether (sulfide) groups is 1. The maximum Gasteiger partial charge on any atom is 0.275 e. The summed E-state index contributed by atoms with van der Waals surface area (Å²) in [7, 11) is 0. The second-order valence-electron chi connectivity index (χ2n) is 4.11.